The normalized spacial score (nSPS) is 12.7. The molecule has 1 atom stereocenters. The zero-order chi connectivity index (χ0) is 14.6. The van der Waals surface area contributed by atoms with Crippen LogP contribution >= 0.6 is 0 Å². The van der Waals surface area contributed by atoms with Crippen molar-refractivity contribution in [2.45, 2.75) is 39.7 Å². The molecule has 0 fully saturated rings. The number of hydrogen-bond acceptors (Lipinski definition) is 4. The van der Waals surface area contributed by atoms with E-state index in [1.165, 1.54) is 4.68 Å². The van der Waals surface area contributed by atoms with Crippen molar-refractivity contribution in [3.63, 3.8) is 0 Å². The first kappa shape index (κ1) is 15.5. The maximum absolute atomic E-state index is 12.0. The van der Waals surface area contributed by atoms with Gasteiger partial charge in [-0.15, -0.1) is 0 Å². The molecular formula is C13H24N4O2. The first-order chi connectivity index (χ1) is 8.86. The molecule has 1 aromatic rings. The molecule has 4 N–H and O–H groups in total. The van der Waals surface area contributed by atoms with Gasteiger partial charge < -0.3 is 16.2 Å². The minimum atomic E-state index is -0.538. The van der Waals surface area contributed by atoms with Gasteiger partial charge in [0.1, 0.15) is 5.69 Å². The average molecular weight is 268 g/mol. The van der Waals surface area contributed by atoms with E-state index in [-0.39, 0.29) is 12.5 Å². The summed E-state index contributed by atoms with van der Waals surface area (Å²) >= 11 is 0. The van der Waals surface area contributed by atoms with E-state index in [1.54, 1.807) is 7.05 Å². The number of amides is 1. The lowest BCUT2D eigenvalue weighted by atomic mass is 10.1. The summed E-state index contributed by atoms with van der Waals surface area (Å²) in [6.07, 6.45) is 0.800. The number of aromatic nitrogens is 2. The molecule has 108 valence electrons. The molecule has 0 bridgehead atoms. The second-order valence-corrected chi connectivity index (χ2v) is 5.18. The van der Waals surface area contributed by atoms with Crippen molar-refractivity contribution in [3.8, 4) is 0 Å². The molecule has 0 aliphatic heterocycles. The highest BCUT2D eigenvalue weighted by Crippen LogP contribution is 2.16. The molecule has 1 aromatic heterocycles. The first-order valence-corrected chi connectivity index (χ1v) is 6.64. The molecule has 0 radical (unpaired) electrons. The summed E-state index contributed by atoms with van der Waals surface area (Å²) in [5.74, 6) is 0.0929. The van der Waals surface area contributed by atoms with E-state index in [0.29, 0.717) is 30.1 Å². The van der Waals surface area contributed by atoms with Gasteiger partial charge in [-0.1, -0.05) is 20.8 Å². The highest BCUT2D eigenvalue weighted by atomic mass is 16.3. The van der Waals surface area contributed by atoms with Crippen molar-refractivity contribution in [3.05, 3.63) is 11.4 Å². The number of nitrogens with one attached hydrogen (secondary N) is 1. The third-order valence-corrected chi connectivity index (χ3v) is 2.95. The van der Waals surface area contributed by atoms with Gasteiger partial charge in [0.25, 0.3) is 5.91 Å². The fourth-order valence-electron chi connectivity index (χ4n) is 2.05. The predicted octanol–water partition coefficient (Wildman–Crippen LogP) is 0.702. The largest absolute Gasteiger partial charge is 0.395 e. The predicted molar refractivity (Wildman–Crippen MR) is 74.8 cm³/mol. The van der Waals surface area contributed by atoms with E-state index < -0.39 is 6.10 Å². The van der Waals surface area contributed by atoms with E-state index in [0.717, 1.165) is 5.69 Å². The SMILES string of the molecule is CCc1nn(C)c(C(=O)NCC(O)CC(C)C)c1N. The average Bonchev–Trinajstić information content (AvgIpc) is 2.60. The van der Waals surface area contributed by atoms with Gasteiger partial charge in [-0.2, -0.15) is 5.10 Å². The number of rotatable bonds is 6. The quantitative estimate of drug-likeness (QED) is 0.708. The van der Waals surface area contributed by atoms with Crippen molar-refractivity contribution >= 4 is 11.6 Å². The molecule has 0 saturated carbocycles. The van der Waals surface area contributed by atoms with Crippen LogP contribution in [0.2, 0.25) is 0 Å². The van der Waals surface area contributed by atoms with Gasteiger partial charge >= 0.3 is 0 Å². The Hall–Kier alpha value is -1.56. The van der Waals surface area contributed by atoms with Gasteiger partial charge in [0.05, 0.1) is 17.5 Å². The van der Waals surface area contributed by atoms with Crippen LogP contribution in [0.3, 0.4) is 0 Å². The Morgan fingerprint density at radius 3 is 2.63 bits per heavy atom. The van der Waals surface area contributed by atoms with Crippen LogP contribution in [-0.4, -0.2) is 33.4 Å². The Kier molecular flexibility index (Phi) is 5.35. The van der Waals surface area contributed by atoms with Gasteiger partial charge in [-0.25, -0.2) is 0 Å². The molecule has 0 aromatic carbocycles. The van der Waals surface area contributed by atoms with Crippen LogP contribution in [0, 0.1) is 5.92 Å². The number of carbonyl (C=O) groups excluding carboxylic acids is 1. The second-order valence-electron chi connectivity index (χ2n) is 5.18. The van der Waals surface area contributed by atoms with Crippen LogP contribution in [0.4, 0.5) is 5.69 Å². The Balaban J connectivity index is 2.66. The van der Waals surface area contributed by atoms with Crippen LogP contribution in [0.15, 0.2) is 0 Å². The molecule has 1 heterocycles. The number of nitrogens with two attached hydrogens (primary N) is 1. The molecule has 0 aliphatic rings. The molecule has 1 unspecified atom stereocenters. The maximum atomic E-state index is 12.0. The summed E-state index contributed by atoms with van der Waals surface area (Å²) in [5, 5.41) is 16.6. The van der Waals surface area contributed by atoms with E-state index in [2.05, 4.69) is 10.4 Å². The zero-order valence-electron chi connectivity index (χ0n) is 12.1. The number of aliphatic hydroxyl groups excluding tert-OH is 1. The van der Waals surface area contributed by atoms with Gasteiger partial charge in [0, 0.05) is 13.6 Å². The van der Waals surface area contributed by atoms with E-state index in [9.17, 15) is 9.90 Å². The lowest BCUT2D eigenvalue weighted by Gasteiger charge is -2.14. The summed E-state index contributed by atoms with van der Waals surface area (Å²) in [6.45, 7) is 6.21. The molecular weight excluding hydrogens is 244 g/mol. The summed E-state index contributed by atoms with van der Waals surface area (Å²) in [5.41, 5.74) is 7.39. The molecule has 0 aliphatic carbocycles. The minimum absolute atomic E-state index is 0.225. The lowest BCUT2D eigenvalue weighted by molar-refractivity contribution is 0.0892. The van der Waals surface area contributed by atoms with Crippen molar-refractivity contribution in [1.29, 1.82) is 0 Å². The van der Waals surface area contributed by atoms with Gasteiger partial charge in [-0.05, 0) is 18.8 Å². The van der Waals surface area contributed by atoms with Crippen molar-refractivity contribution in [2.75, 3.05) is 12.3 Å². The summed E-state index contributed by atoms with van der Waals surface area (Å²) in [6, 6.07) is 0. The van der Waals surface area contributed by atoms with E-state index in [1.807, 2.05) is 20.8 Å². The van der Waals surface area contributed by atoms with Crippen LogP contribution in [0.1, 0.15) is 43.4 Å². The monoisotopic (exact) mass is 268 g/mol. The van der Waals surface area contributed by atoms with Crippen molar-refractivity contribution in [1.82, 2.24) is 15.1 Å². The lowest BCUT2D eigenvalue weighted by Crippen LogP contribution is -2.34. The fourth-order valence-corrected chi connectivity index (χ4v) is 2.05. The minimum Gasteiger partial charge on any atom is -0.395 e. The number of nitrogens with zero attached hydrogens (tertiary/aromatic N) is 2. The molecule has 6 nitrogen and oxygen atoms in total. The zero-order valence-corrected chi connectivity index (χ0v) is 12.1. The standard InChI is InChI=1S/C13H24N4O2/c1-5-10-11(14)12(17(4)16-10)13(19)15-7-9(18)6-8(2)3/h8-9,18H,5-7,14H2,1-4H3,(H,15,19). The van der Waals surface area contributed by atoms with Crippen LogP contribution in [0.5, 0.6) is 0 Å². The van der Waals surface area contributed by atoms with Crippen LogP contribution in [0.25, 0.3) is 0 Å². The first-order valence-electron chi connectivity index (χ1n) is 6.64. The molecule has 0 saturated heterocycles. The van der Waals surface area contributed by atoms with Gasteiger partial charge in [0.2, 0.25) is 0 Å². The maximum Gasteiger partial charge on any atom is 0.271 e. The Morgan fingerprint density at radius 1 is 1.53 bits per heavy atom. The number of aryl methyl sites for hydroxylation is 2. The van der Waals surface area contributed by atoms with Crippen molar-refractivity contribution in [2.24, 2.45) is 13.0 Å². The Bertz CT molecular complexity index is 440. The van der Waals surface area contributed by atoms with Crippen molar-refractivity contribution < 1.29 is 9.90 Å². The number of carbonyl (C=O) groups is 1. The smallest absolute Gasteiger partial charge is 0.271 e. The fraction of sp³-hybridized carbons (Fsp3) is 0.692. The highest BCUT2D eigenvalue weighted by molar-refractivity contribution is 5.97. The number of hydrogen-bond donors (Lipinski definition) is 3. The number of anilines is 1. The third-order valence-electron chi connectivity index (χ3n) is 2.95. The Morgan fingerprint density at radius 2 is 2.16 bits per heavy atom. The van der Waals surface area contributed by atoms with Gasteiger partial charge in [0.15, 0.2) is 0 Å². The van der Waals surface area contributed by atoms with Gasteiger partial charge in [-0.3, -0.25) is 9.48 Å². The molecule has 1 rings (SSSR count). The molecule has 0 spiro atoms. The molecule has 1 amide bonds. The highest BCUT2D eigenvalue weighted by Gasteiger charge is 2.19. The third kappa shape index (κ3) is 3.96. The second kappa shape index (κ2) is 6.56. The number of nitrogen functional groups attached to an aromatic ring is 1. The van der Waals surface area contributed by atoms with E-state index in [4.69, 9.17) is 5.73 Å². The van der Waals surface area contributed by atoms with E-state index >= 15 is 0 Å². The topological polar surface area (TPSA) is 93.2 Å². The van der Waals surface area contributed by atoms with Crippen LogP contribution < -0.4 is 11.1 Å². The van der Waals surface area contributed by atoms with Crippen LogP contribution in [-0.2, 0) is 13.5 Å². The molecule has 6 heteroatoms. The molecule has 19 heavy (non-hydrogen) atoms. The Labute approximate surface area is 114 Å². The summed E-state index contributed by atoms with van der Waals surface area (Å²) < 4.78 is 1.48. The summed E-state index contributed by atoms with van der Waals surface area (Å²) in [4.78, 5) is 12.0. The number of aliphatic hydroxyl groups is 1. The summed E-state index contributed by atoms with van der Waals surface area (Å²) in [7, 11) is 1.69.